The molecule has 2 N–H and O–H groups in total. The highest BCUT2D eigenvalue weighted by Crippen LogP contribution is 2.01. The summed E-state index contributed by atoms with van der Waals surface area (Å²) < 4.78 is 0. The first-order chi connectivity index (χ1) is 9.61. The molecule has 0 spiro atoms. The highest BCUT2D eigenvalue weighted by atomic mass is 32.1. The Hall–Kier alpha value is -0.550. The normalized spacial score (nSPS) is 10.3. The number of carbonyl (C=O) groups is 2. The SMILES string of the molecule is CC.CC.CNC(CCCCNC(=O)CCS)C(C)=O. The maximum atomic E-state index is 11.1. The van der Waals surface area contributed by atoms with E-state index >= 15 is 0 Å². The molecular weight excluding hydrogens is 272 g/mol. The molecule has 4 nitrogen and oxygen atoms in total. The minimum Gasteiger partial charge on any atom is -0.356 e. The van der Waals surface area contributed by atoms with Gasteiger partial charge in [0.25, 0.3) is 0 Å². The monoisotopic (exact) mass is 306 g/mol. The topological polar surface area (TPSA) is 58.2 Å². The number of thiol groups is 1. The van der Waals surface area contributed by atoms with E-state index in [-0.39, 0.29) is 17.7 Å². The van der Waals surface area contributed by atoms with Crippen LogP contribution in [0.15, 0.2) is 0 Å². The molecule has 0 heterocycles. The summed E-state index contributed by atoms with van der Waals surface area (Å²) in [6.07, 6.45) is 3.14. The van der Waals surface area contributed by atoms with Gasteiger partial charge >= 0.3 is 0 Å². The van der Waals surface area contributed by atoms with Crippen LogP contribution in [0.1, 0.15) is 60.3 Å². The van der Waals surface area contributed by atoms with E-state index in [1.807, 2.05) is 27.7 Å². The van der Waals surface area contributed by atoms with Crippen LogP contribution in [-0.2, 0) is 9.59 Å². The van der Waals surface area contributed by atoms with Gasteiger partial charge in [-0.15, -0.1) is 0 Å². The number of likely N-dealkylation sites (N-methyl/N-ethyl adjacent to an activating group) is 1. The van der Waals surface area contributed by atoms with Gasteiger partial charge in [0, 0.05) is 13.0 Å². The molecule has 1 amide bonds. The zero-order chi connectivity index (χ0) is 16.4. The maximum Gasteiger partial charge on any atom is 0.220 e. The Morgan fingerprint density at radius 3 is 2.05 bits per heavy atom. The van der Waals surface area contributed by atoms with Crippen LogP contribution in [0, 0.1) is 0 Å². The molecule has 0 aromatic rings. The van der Waals surface area contributed by atoms with E-state index in [2.05, 4.69) is 23.3 Å². The summed E-state index contributed by atoms with van der Waals surface area (Å²) in [5.74, 6) is 0.797. The molecule has 0 aliphatic carbocycles. The van der Waals surface area contributed by atoms with Gasteiger partial charge in [-0.05, 0) is 39.0 Å². The van der Waals surface area contributed by atoms with E-state index < -0.39 is 0 Å². The summed E-state index contributed by atoms with van der Waals surface area (Å²) in [7, 11) is 1.79. The van der Waals surface area contributed by atoms with Crippen molar-refractivity contribution in [2.24, 2.45) is 0 Å². The van der Waals surface area contributed by atoms with Crippen molar-refractivity contribution < 1.29 is 9.59 Å². The molecule has 0 aromatic carbocycles. The lowest BCUT2D eigenvalue weighted by molar-refractivity contribution is -0.121. The van der Waals surface area contributed by atoms with Gasteiger partial charge in [0.05, 0.1) is 6.04 Å². The molecule has 0 aliphatic rings. The number of ketones is 1. The van der Waals surface area contributed by atoms with Gasteiger partial charge in [-0.1, -0.05) is 27.7 Å². The van der Waals surface area contributed by atoms with Gasteiger partial charge in [-0.2, -0.15) is 12.6 Å². The molecule has 0 aromatic heterocycles. The number of hydrogen-bond donors (Lipinski definition) is 3. The van der Waals surface area contributed by atoms with Crippen molar-refractivity contribution in [1.29, 1.82) is 0 Å². The first kappa shape index (κ1) is 24.5. The van der Waals surface area contributed by atoms with E-state index in [9.17, 15) is 9.59 Å². The lowest BCUT2D eigenvalue weighted by Crippen LogP contribution is -2.32. The Labute approximate surface area is 130 Å². The van der Waals surface area contributed by atoms with Crippen molar-refractivity contribution in [2.75, 3.05) is 19.3 Å². The van der Waals surface area contributed by atoms with Crippen LogP contribution in [-0.4, -0.2) is 37.1 Å². The van der Waals surface area contributed by atoms with Crippen LogP contribution in [0.5, 0.6) is 0 Å². The van der Waals surface area contributed by atoms with E-state index in [0.717, 1.165) is 19.3 Å². The first-order valence-corrected chi connectivity index (χ1v) is 8.30. The predicted molar refractivity (Wildman–Crippen MR) is 91.6 cm³/mol. The lowest BCUT2D eigenvalue weighted by Gasteiger charge is -2.12. The lowest BCUT2D eigenvalue weighted by atomic mass is 10.1. The van der Waals surface area contributed by atoms with Crippen LogP contribution >= 0.6 is 12.6 Å². The molecule has 1 atom stereocenters. The van der Waals surface area contributed by atoms with Crippen molar-refractivity contribution in [1.82, 2.24) is 10.6 Å². The summed E-state index contributed by atoms with van der Waals surface area (Å²) in [6, 6.07) is -0.0480. The Morgan fingerprint density at radius 2 is 1.65 bits per heavy atom. The van der Waals surface area contributed by atoms with E-state index in [4.69, 9.17) is 0 Å². The van der Waals surface area contributed by atoms with Crippen molar-refractivity contribution in [3.8, 4) is 0 Å². The average Bonchev–Trinajstić information content (AvgIpc) is 2.47. The zero-order valence-electron chi connectivity index (χ0n) is 14.1. The molecule has 0 saturated carbocycles. The molecule has 0 bridgehead atoms. The number of Topliss-reactive ketones (excluding diaryl/α,β-unsaturated/α-hetero) is 1. The van der Waals surface area contributed by atoms with E-state index in [1.54, 1.807) is 14.0 Å². The third-order valence-electron chi connectivity index (χ3n) is 2.42. The molecule has 20 heavy (non-hydrogen) atoms. The third kappa shape index (κ3) is 17.4. The fourth-order valence-corrected chi connectivity index (χ4v) is 1.65. The van der Waals surface area contributed by atoms with Gasteiger partial charge in [0.15, 0.2) is 0 Å². The number of carbonyl (C=O) groups excluding carboxylic acids is 2. The van der Waals surface area contributed by atoms with Crippen molar-refractivity contribution in [2.45, 2.75) is 66.3 Å². The predicted octanol–water partition coefficient (Wildman–Crippen LogP) is 2.82. The summed E-state index contributed by atoms with van der Waals surface area (Å²) in [5, 5.41) is 5.79. The number of unbranched alkanes of at least 4 members (excludes halogenated alkanes) is 1. The minimum absolute atomic E-state index is 0.0479. The van der Waals surface area contributed by atoms with Crippen LogP contribution in [0.4, 0.5) is 0 Å². The molecule has 0 rings (SSSR count). The Kier molecular flexibility index (Phi) is 25.4. The van der Waals surface area contributed by atoms with Crippen LogP contribution in [0.3, 0.4) is 0 Å². The van der Waals surface area contributed by atoms with Gasteiger partial charge in [0.1, 0.15) is 5.78 Å². The van der Waals surface area contributed by atoms with Crippen LogP contribution in [0.25, 0.3) is 0 Å². The second kappa shape index (κ2) is 20.8. The molecular formula is C15H34N2O2S. The van der Waals surface area contributed by atoms with Gasteiger partial charge in [-0.3, -0.25) is 9.59 Å². The van der Waals surface area contributed by atoms with Crippen LogP contribution in [0.2, 0.25) is 0 Å². The minimum atomic E-state index is -0.0480. The molecule has 0 aliphatic heterocycles. The Morgan fingerprint density at radius 1 is 1.10 bits per heavy atom. The number of hydrogen-bond acceptors (Lipinski definition) is 4. The maximum absolute atomic E-state index is 11.1. The second-order valence-corrected chi connectivity index (χ2v) is 4.22. The first-order valence-electron chi connectivity index (χ1n) is 7.67. The molecule has 122 valence electrons. The standard InChI is InChI=1S/C11H22N2O2S.2C2H6/c1-9(14)10(12-2)5-3-4-7-13-11(15)6-8-16;2*1-2/h10,12,16H,3-8H2,1-2H3,(H,13,15);2*1-2H3. The fraction of sp³-hybridized carbons (Fsp3) is 0.867. The quantitative estimate of drug-likeness (QED) is 0.453. The fourth-order valence-electron chi connectivity index (χ4n) is 1.44. The molecule has 0 fully saturated rings. The summed E-state index contributed by atoms with van der Waals surface area (Å²) in [6.45, 7) is 10.3. The molecule has 5 heteroatoms. The zero-order valence-corrected chi connectivity index (χ0v) is 15.0. The van der Waals surface area contributed by atoms with Crippen molar-refractivity contribution in [3.63, 3.8) is 0 Å². The largest absolute Gasteiger partial charge is 0.356 e. The highest BCUT2D eigenvalue weighted by Gasteiger charge is 2.10. The van der Waals surface area contributed by atoms with E-state index in [0.29, 0.717) is 18.7 Å². The second-order valence-electron chi connectivity index (χ2n) is 3.77. The Bertz CT molecular complexity index is 224. The number of nitrogens with one attached hydrogen (secondary N) is 2. The van der Waals surface area contributed by atoms with Crippen molar-refractivity contribution in [3.05, 3.63) is 0 Å². The number of rotatable bonds is 9. The smallest absolute Gasteiger partial charge is 0.220 e. The Balaban J connectivity index is -0.000000656. The molecule has 0 saturated heterocycles. The third-order valence-corrected chi connectivity index (χ3v) is 2.64. The summed E-state index contributed by atoms with van der Waals surface area (Å²) >= 11 is 3.98. The van der Waals surface area contributed by atoms with Crippen LogP contribution < -0.4 is 10.6 Å². The molecule has 1 unspecified atom stereocenters. The van der Waals surface area contributed by atoms with E-state index in [1.165, 1.54) is 0 Å². The van der Waals surface area contributed by atoms with Gasteiger partial charge in [-0.25, -0.2) is 0 Å². The van der Waals surface area contributed by atoms with Crippen molar-refractivity contribution >= 4 is 24.3 Å². The van der Waals surface area contributed by atoms with Gasteiger partial charge in [0.2, 0.25) is 5.91 Å². The van der Waals surface area contributed by atoms with Gasteiger partial charge < -0.3 is 10.6 Å². The highest BCUT2D eigenvalue weighted by molar-refractivity contribution is 7.80. The number of amides is 1. The molecule has 0 radical (unpaired) electrons. The average molecular weight is 307 g/mol. The summed E-state index contributed by atoms with van der Waals surface area (Å²) in [5.41, 5.74) is 0. The summed E-state index contributed by atoms with van der Waals surface area (Å²) in [4.78, 5) is 22.2.